The van der Waals surface area contributed by atoms with E-state index in [0.717, 1.165) is 6.07 Å². The maximum atomic E-state index is 13.8. The van der Waals surface area contributed by atoms with Crippen molar-refractivity contribution in [2.24, 2.45) is 0 Å². The minimum Gasteiger partial charge on any atom is -0.454 e. The van der Waals surface area contributed by atoms with Gasteiger partial charge in [0.2, 0.25) is 11.8 Å². The fourth-order valence-corrected chi connectivity index (χ4v) is 2.90. The highest BCUT2D eigenvalue weighted by molar-refractivity contribution is 6.30. The van der Waals surface area contributed by atoms with E-state index in [1.807, 2.05) is 0 Å². The van der Waals surface area contributed by atoms with Crippen LogP contribution in [-0.2, 0) is 16.1 Å². The van der Waals surface area contributed by atoms with E-state index in [1.165, 1.54) is 12.1 Å². The number of carbonyl (C=O) groups excluding carboxylic acids is 2. The first-order valence-electron chi connectivity index (χ1n) is 8.94. The largest absolute Gasteiger partial charge is 0.454 e. The topological polar surface area (TPSA) is 67.4 Å². The van der Waals surface area contributed by atoms with E-state index >= 15 is 0 Å². The Kier molecular flexibility index (Phi) is 6.21. The second-order valence-electron chi connectivity index (χ2n) is 6.93. The van der Waals surface area contributed by atoms with Crippen LogP contribution in [0.5, 0.6) is 11.5 Å². The van der Waals surface area contributed by atoms with Gasteiger partial charge in [0.05, 0.1) is 0 Å². The van der Waals surface area contributed by atoms with Crippen LogP contribution in [0, 0.1) is 5.82 Å². The molecule has 1 aliphatic carbocycles. The zero-order valence-corrected chi connectivity index (χ0v) is 16.2. The summed E-state index contributed by atoms with van der Waals surface area (Å²) in [5, 5.41) is 5.02. The third-order valence-corrected chi connectivity index (χ3v) is 4.66. The first kappa shape index (κ1) is 21.9. The van der Waals surface area contributed by atoms with Crippen LogP contribution >= 0.6 is 11.6 Å². The highest BCUT2D eigenvalue weighted by Crippen LogP contribution is 2.36. The number of rotatable bonds is 7. The third kappa shape index (κ3) is 5.85. The van der Waals surface area contributed by atoms with Gasteiger partial charge >= 0.3 is 6.18 Å². The Hall–Kier alpha value is -2.81. The number of ether oxygens (including phenoxy) is 1. The van der Waals surface area contributed by atoms with Crippen molar-refractivity contribution in [3.8, 4) is 11.5 Å². The Morgan fingerprint density at radius 3 is 2.33 bits per heavy atom. The van der Waals surface area contributed by atoms with Gasteiger partial charge in [0.1, 0.15) is 17.7 Å². The maximum absolute atomic E-state index is 13.8. The van der Waals surface area contributed by atoms with E-state index in [9.17, 15) is 27.2 Å². The number of nitrogens with one attached hydrogen (secondary N) is 2. The molecule has 2 aromatic carbocycles. The Morgan fingerprint density at radius 2 is 1.77 bits per heavy atom. The number of benzene rings is 2. The molecule has 2 N–H and O–H groups in total. The average molecular weight is 445 g/mol. The summed E-state index contributed by atoms with van der Waals surface area (Å²) >= 11 is 5.69. The molecule has 3 rings (SSSR count). The van der Waals surface area contributed by atoms with E-state index < -0.39 is 35.8 Å². The zero-order valence-electron chi connectivity index (χ0n) is 15.5. The van der Waals surface area contributed by atoms with Crippen molar-refractivity contribution in [2.45, 2.75) is 37.5 Å². The van der Waals surface area contributed by atoms with E-state index in [0.29, 0.717) is 11.3 Å². The Morgan fingerprint density at radius 1 is 1.10 bits per heavy atom. The Labute approximate surface area is 174 Å². The number of amides is 2. The summed E-state index contributed by atoms with van der Waals surface area (Å²) in [7, 11) is 0. The van der Waals surface area contributed by atoms with Crippen molar-refractivity contribution in [2.75, 3.05) is 0 Å². The minimum atomic E-state index is -4.63. The Balaban J connectivity index is 1.52. The lowest BCUT2D eigenvalue weighted by Crippen LogP contribution is -2.49. The summed E-state index contributed by atoms with van der Waals surface area (Å²) in [4.78, 5) is 23.8. The number of carbonyl (C=O) groups is 2. The molecule has 0 atom stereocenters. The predicted molar refractivity (Wildman–Crippen MR) is 101 cm³/mol. The predicted octanol–water partition coefficient (Wildman–Crippen LogP) is 4.49. The third-order valence-electron chi connectivity index (χ3n) is 4.42. The van der Waals surface area contributed by atoms with Crippen molar-refractivity contribution in [3.63, 3.8) is 0 Å². The van der Waals surface area contributed by atoms with Crippen LogP contribution in [0.2, 0.25) is 5.02 Å². The molecule has 1 aliphatic rings. The fourth-order valence-electron chi connectivity index (χ4n) is 2.74. The summed E-state index contributed by atoms with van der Waals surface area (Å²) in [6.45, 7) is 0.102. The molecule has 0 aliphatic heterocycles. The lowest BCUT2D eigenvalue weighted by molar-refractivity contribution is -0.155. The molecule has 2 aromatic rings. The molecule has 2 amide bonds. The van der Waals surface area contributed by atoms with Crippen LogP contribution in [0.25, 0.3) is 0 Å². The molecule has 0 aromatic heterocycles. The van der Waals surface area contributed by atoms with Crippen molar-refractivity contribution < 1.29 is 31.9 Å². The van der Waals surface area contributed by atoms with E-state index in [-0.39, 0.29) is 30.2 Å². The molecule has 0 bridgehead atoms. The lowest BCUT2D eigenvalue weighted by atomic mass is 10.2. The smallest absolute Gasteiger partial charge is 0.397 e. The first-order valence-corrected chi connectivity index (χ1v) is 9.32. The summed E-state index contributed by atoms with van der Waals surface area (Å²) in [5.41, 5.74) is -0.595. The summed E-state index contributed by atoms with van der Waals surface area (Å²) < 4.78 is 56.1. The number of halogens is 5. The summed E-state index contributed by atoms with van der Waals surface area (Å²) in [6.07, 6.45) is -5.70. The van der Waals surface area contributed by atoms with Crippen LogP contribution in [-0.4, -0.2) is 23.5 Å². The SMILES string of the molecule is O=C(CC(F)(F)F)NC1(C(=O)NCc2ccc(Oc3ccc(Cl)cc3F)cc2)CC1. The second kappa shape index (κ2) is 8.51. The lowest BCUT2D eigenvalue weighted by Gasteiger charge is -2.18. The van der Waals surface area contributed by atoms with E-state index in [4.69, 9.17) is 16.3 Å². The van der Waals surface area contributed by atoms with Gasteiger partial charge in [0.15, 0.2) is 11.6 Å². The molecule has 0 saturated heterocycles. The zero-order chi connectivity index (χ0) is 21.9. The number of hydrogen-bond acceptors (Lipinski definition) is 3. The molecule has 160 valence electrons. The van der Waals surface area contributed by atoms with Crippen LogP contribution in [0.1, 0.15) is 24.8 Å². The number of alkyl halides is 3. The van der Waals surface area contributed by atoms with Gasteiger partial charge in [0.25, 0.3) is 0 Å². The van der Waals surface area contributed by atoms with Gasteiger partial charge < -0.3 is 15.4 Å². The summed E-state index contributed by atoms with van der Waals surface area (Å²) in [5.74, 6) is -2.01. The molecular weight excluding hydrogens is 428 g/mol. The first-order chi connectivity index (χ1) is 14.1. The van der Waals surface area contributed by atoms with Crippen LogP contribution < -0.4 is 15.4 Å². The highest BCUT2D eigenvalue weighted by Gasteiger charge is 2.51. The molecule has 10 heteroatoms. The van der Waals surface area contributed by atoms with Gasteiger partial charge in [-0.1, -0.05) is 23.7 Å². The number of hydrogen-bond donors (Lipinski definition) is 2. The van der Waals surface area contributed by atoms with Crippen molar-refractivity contribution in [3.05, 3.63) is 58.9 Å². The van der Waals surface area contributed by atoms with Gasteiger partial charge in [-0.15, -0.1) is 0 Å². The molecule has 30 heavy (non-hydrogen) atoms. The molecule has 1 saturated carbocycles. The second-order valence-corrected chi connectivity index (χ2v) is 7.36. The van der Waals surface area contributed by atoms with Gasteiger partial charge in [-0.05, 0) is 48.7 Å². The van der Waals surface area contributed by atoms with Gasteiger partial charge in [0, 0.05) is 11.6 Å². The minimum absolute atomic E-state index is 0.00530. The van der Waals surface area contributed by atoms with Crippen LogP contribution in [0.15, 0.2) is 42.5 Å². The van der Waals surface area contributed by atoms with Gasteiger partial charge in [-0.3, -0.25) is 9.59 Å². The monoisotopic (exact) mass is 444 g/mol. The van der Waals surface area contributed by atoms with Crippen molar-refractivity contribution in [1.29, 1.82) is 0 Å². The van der Waals surface area contributed by atoms with Crippen molar-refractivity contribution in [1.82, 2.24) is 10.6 Å². The molecule has 0 heterocycles. The molecule has 0 spiro atoms. The maximum Gasteiger partial charge on any atom is 0.397 e. The van der Waals surface area contributed by atoms with Crippen LogP contribution in [0.3, 0.4) is 0 Å². The van der Waals surface area contributed by atoms with Crippen LogP contribution in [0.4, 0.5) is 17.6 Å². The molecule has 1 fully saturated rings. The van der Waals surface area contributed by atoms with Gasteiger partial charge in [-0.25, -0.2) is 4.39 Å². The Bertz CT molecular complexity index is 944. The summed E-state index contributed by atoms with van der Waals surface area (Å²) in [6, 6.07) is 10.5. The van der Waals surface area contributed by atoms with E-state index in [1.54, 1.807) is 24.3 Å². The average Bonchev–Trinajstić information content (AvgIpc) is 3.42. The molecular formula is C20H17ClF4N2O3. The van der Waals surface area contributed by atoms with E-state index in [2.05, 4.69) is 10.6 Å². The standard InChI is InChI=1S/C20H17ClF4N2O3/c21-13-3-6-16(15(22)9-13)30-14-4-1-12(2-5-14)11-26-18(29)19(7-8-19)27-17(28)10-20(23,24)25/h1-6,9H,7-8,10-11H2,(H,26,29)(H,27,28). The fraction of sp³-hybridized carbons (Fsp3) is 0.300. The highest BCUT2D eigenvalue weighted by atomic mass is 35.5. The normalized spacial score (nSPS) is 14.7. The molecule has 5 nitrogen and oxygen atoms in total. The molecule has 0 unspecified atom stereocenters. The van der Waals surface area contributed by atoms with Crippen molar-refractivity contribution >= 4 is 23.4 Å². The molecule has 0 radical (unpaired) electrons. The quantitative estimate of drug-likeness (QED) is 0.618. The van der Waals surface area contributed by atoms with Gasteiger partial charge in [-0.2, -0.15) is 13.2 Å².